The van der Waals surface area contributed by atoms with Gasteiger partial charge in [0, 0.05) is 126 Å². The van der Waals surface area contributed by atoms with Gasteiger partial charge in [0.2, 0.25) is 0 Å². The van der Waals surface area contributed by atoms with Crippen LogP contribution in [0.15, 0.2) is 425 Å². The van der Waals surface area contributed by atoms with E-state index in [0.29, 0.717) is 29.1 Å². The minimum absolute atomic E-state index is 0.555. The van der Waals surface area contributed by atoms with Crippen LogP contribution < -0.4 is 0 Å². The molecule has 28 rings (SSSR count). The molecule has 0 saturated carbocycles. The lowest BCUT2D eigenvalue weighted by Gasteiger charge is -2.13. The van der Waals surface area contributed by atoms with Crippen molar-refractivity contribution in [2.45, 2.75) is 0 Å². The van der Waals surface area contributed by atoms with Crippen molar-refractivity contribution < 1.29 is 0 Å². The molecule has 19 aromatic carbocycles. The van der Waals surface area contributed by atoms with E-state index < -0.39 is 0 Å². The molecular weight excluding hydrogens is 1680 g/mol. The molecule has 0 aliphatic heterocycles. The Morgan fingerprint density at radius 1 is 0.135 bits per heavy atom. The Morgan fingerprint density at radius 3 is 0.887 bits per heavy atom. The highest BCUT2D eigenvalue weighted by Crippen LogP contribution is 2.46. The molecule has 618 valence electrons. The molecule has 0 bridgehead atoms. The van der Waals surface area contributed by atoms with Crippen LogP contribution in [0.5, 0.6) is 0 Å². The van der Waals surface area contributed by atoms with Gasteiger partial charge in [0.05, 0.1) is 45.0 Å². The zero-order valence-corrected chi connectivity index (χ0v) is 73.6. The standard InChI is InChI=1S/C43H25N3S.C42H24N4S.C35H21N3S/c1-3-11-28-21-30(19-17-26(28)9-1)37-25-38(31-20-18-27-10-2-4-12-29(27)22-31)46-43(45-37)42-34-15-6-5-13-32(34)35-24-41-36(23-39(35)44-42)33-14-7-8-16-40(33)47-41;1-3-15-27-25(11-1)13-9-20-32(27)40-44-41(33-21-10-14-26-12-2-4-16-28(26)33)46-42(45-40)39-31-19-6-5-17-29(31)34-24-38-35(23-36(34)43-39)30-18-7-8-22-37(30)47-38;1-3-11-22(12-4-1)29-21-31(38-35(37-29)23-13-5-2-6-14-23)34-26-17-8-7-15-24(26)27-20-33-28(19-30(27)36-34)25-16-9-10-18-32(25)39-33/h1-25H;1-24H;1-21H. The second-order valence-corrected chi connectivity index (χ2v) is 36.8. The third-order valence-electron chi connectivity index (χ3n) is 25.6. The van der Waals surface area contributed by atoms with Crippen LogP contribution >= 0.6 is 34.0 Å². The maximum Gasteiger partial charge on any atom is 0.183 e. The van der Waals surface area contributed by atoms with Gasteiger partial charge in [0.15, 0.2) is 29.1 Å². The van der Waals surface area contributed by atoms with E-state index in [9.17, 15) is 0 Å². The van der Waals surface area contributed by atoms with E-state index in [4.69, 9.17) is 49.8 Å². The van der Waals surface area contributed by atoms with Crippen LogP contribution in [0.1, 0.15) is 0 Å². The molecule has 10 nitrogen and oxygen atoms in total. The van der Waals surface area contributed by atoms with Crippen molar-refractivity contribution in [3.8, 4) is 102 Å². The fraction of sp³-hybridized carbons (Fsp3) is 0. The van der Waals surface area contributed by atoms with Crippen LogP contribution in [-0.2, 0) is 0 Å². The van der Waals surface area contributed by atoms with Gasteiger partial charge >= 0.3 is 0 Å². The lowest BCUT2D eigenvalue weighted by Crippen LogP contribution is -2.02. The number of aromatic nitrogens is 10. The van der Waals surface area contributed by atoms with Gasteiger partial charge in [0.25, 0.3) is 0 Å². The van der Waals surface area contributed by atoms with Gasteiger partial charge in [-0.05, 0) is 138 Å². The summed E-state index contributed by atoms with van der Waals surface area (Å²) in [5, 5.41) is 26.8. The van der Waals surface area contributed by atoms with Gasteiger partial charge in [-0.25, -0.2) is 49.8 Å². The summed E-state index contributed by atoms with van der Waals surface area (Å²) in [4.78, 5) is 52.2. The summed E-state index contributed by atoms with van der Waals surface area (Å²) in [5.74, 6) is 3.11. The number of hydrogen-bond donors (Lipinski definition) is 0. The van der Waals surface area contributed by atoms with Crippen LogP contribution in [0.25, 0.3) is 271 Å². The Kier molecular flexibility index (Phi) is 18.6. The summed E-state index contributed by atoms with van der Waals surface area (Å²) in [5.41, 5.74) is 14.7. The molecule has 0 aliphatic carbocycles. The molecule has 9 aromatic heterocycles. The van der Waals surface area contributed by atoms with E-state index in [0.717, 1.165) is 154 Å². The number of fused-ring (bicyclic) bond motifs is 22. The summed E-state index contributed by atoms with van der Waals surface area (Å²) in [6.45, 7) is 0. The van der Waals surface area contributed by atoms with Crippen molar-refractivity contribution in [1.82, 2.24) is 49.8 Å². The van der Waals surface area contributed by atoms with E-state index in [1.54, 1.807) is 0 Å². The SMILES string of the molecule is c1ccc(-c2cc(-c3nc4cc5c(cc4c4ccccc34)sc3ccccc35)nc(-c3ccccc3)n2)cc1.c1ccc2c(-c3nc(-c4cccc5ccccc45)nc(-c4nc5cc6c(cc5c5ccccc45)sc4ccccc46)n3)cccc2c1.c1ccc2cc(-c3cc(-c4ccc5ccccc5c4)nc(-c4nc5cc6c(cc5c5ccccc45)sc4ccccc46)n3)ccc2c1. The van der Waals surface area contributed by atoms with E-state index in [1.165, 1.54) is 87.4 Å². The quantitative estimate of drug-likeness (QED) is 0.129. The van der Waals surface area contributed by atoms with E-state index in [-0.39, 0.29) is 0 Å². The Bertz CT molecular complexity index is 9390. The highest BCUT2D eigenvalue weighted by Gasteiger charge is 2.25. The fourth-order valence-corrected chi connectivity index (χ4v) is 22.6. The summed E-state index contributed by atoms with van der Waals surface area (Å²) in [6, 6.07) is 149. The van der Waals surface area contributed by atoms with E-state index in [2.05, 4.69) is 388 Å². The second-order valence-electron chi connectivity index (χ2n) is 33.5. The fourth-order valence-electron chi connectivity index (χ4n) is 19.2. The first-order valence-electron chi connectivity index (χ1n) is 44.4. The largest absolute Gasteiger partial charge is 0.245 e. The predicted molar refractivity (Wildman–Crippen MR) is 560 cm³/mol. The highest BCUT2D eigenvalue weighted by molar-refractivity contribution is 7.26. The molecule has 0 aliphatic rings. The Hall–Kier alpha value is -16.9. The van der Waals surface area contributed by atoms with Crippen molar-refractivity contribution in [3.63, 3.8) is 0 Å². The molecule has 0 N–H and O–H groups in total. The van der Waals surface area contributed by atoms with Crippen LogP contribution in [0, 0.1) is 0 Å². The molecule has 0 saturated heterocycles. The van der Waals surface area contributed by atoms with E-state index in [1.807, 2.05) is 70.4 Å². The van der Waals surface area contributed by atoms with Gasteiger partial charge in [-0.15, -0.1) is 34.0 Å². The first-order valence-corrected chi connectivity index (χ1v) is 46.8. The van der Waals surface area contributed by atoms with Gasteiger partial charge in [-0.1, -0.05) is 346 Å². The van der Waals surface area contributed by atoms with Crippen LogP contribution in [0.2, 0.25) is 0 Å². The summed E-state index contributed by atoms with van der Waals surface area (Å²) in [6.07, 6.45) is 0. The molecule has 0 spiro atoms. The van der Waals surface area contributed by atoms with Gasteiger partial charge < -0.3 is 0 Å². The zero-order chi connectivity index (χ0) is 87.6. The average molecular weight is 1750 g/mol. The van der Waals surface area contributed by atoms with Gasteiger partial charge in [0.1, 0.15) is 11.4 Å². The number of pyridine rings is 3. The topological polar surface area (TPSA) is 129 Å². The predicted octanol–water partition coefficient (Wildman–Crippen LogP) is 32.6. The molecule has 133 heavy (non-hydrogen) atoms. The molecule has 0 fully saturated rings. The Morgan fingerprint density at radius 2 is 0.444 bits per heavy atom. The minimum Gasteiger partial charge on any atom is -0.245 e. The second kappa shape index (κ2) is 32.1. The third-order valence-corrected chi connectivity index (χ3v) is 29.0. The van der Waals surface area contributed by atoms with Crippen molar-refractivity contribution in [2.75, 3.05) is 0 Å². The zero-order valence-electron chi connectivity index (χ0n) is 71.1. The molecule has 0 amide bonds. The van der Waals surface area contributed by atoms with Crippen molar-refractivity contribution in [3.05, 3.63) is 425 Å². The lowest BCUT2D eigenvalue weighted by molar-refractivity contribution is 1.07. The normalized spacial score (nSPS) is 11.8. The molecular formula is C120H70N10S3. The van der Waals surface area contributed by atoms with Crippen LogP contribution in [0.3, 0.4) is 0 Å². The molecule has 9 heterocycles. The van der Waals surface area contributed by atoms with Crippen LogP contribution in [0.4, 0.5) is 0 Å². The smallest absolute Gasteiger partial charge is 0.183 e. The number of rotatable bonds is 9. The summed E-state index contributed by atoms with van der Waals surface area (Å²) < 4.78 is 7.67. The number of thiophene rings is 3. The van der Waals surface area contributed by atoms with Gasteiger partial charge in [-0.3, -0.25) is 0 Å². The monoisotopic (exact) mass is 1750 g/mol. The first-order chi connectivity index (χ1) is 65.8. The van der Waals surface area contributed by atoms with Crippen molar-refractivity contribution >= 4 is 203 Å². The van der Waals surface area contributed by atoms with Crippen molar-refractivity contribution in [2.24, 2.45) is 0 Å². The minimum atomic E-state index is 0.555. The molecule has 28 aromatic rings. The van der Waals surface area contributed by atoms with Crippen LogP contribution in [-0.4, -0.2) is 49.8 Å². The Balaban J connectivity index is 0.000000105. The van der Waals surface area contributed by atoms with E-state index >= 15 is 0 Å². The summed E-state index contributed by atoms with van der Waals surface area (Å²) in [7, 11) is 0. The maximum absolute atomic E-state index is 5.36. The number of benzene rings is 19. The highest BCUT2D eigenvalue weighted by atomic mass is 32.1. The lowest BCUT2D eigenvalue weighted by atomic mass is 10.00. The summed E-state index contributed by atoms with van der Waals surface area (Å²) >= 11 is 5.50. The molecule has 0 unspecified atom stereocenters. The first kappa shape index (κ1) is 77.2. The molecule has 0 radical (unpaired) electrons. The van der Waals surface area contributed by atoms with Gasteiger partial charge in [-0.2, -0.15) is 0 Å². The molecule has 13 heteroatoms. The Labute approximate surface area is 773 Å². The van der Waals surface area contributed by atoms with Crippen molar-refractivity contribution in [1.29, 1.82) is 0 Å². The molecule has 0 atom stereocenters. The number of hydrogen-bond acceptors (Lipinski definition) is 13. The maximum atomic E-state index is 5.36. The average Bonchev–Trinajstić information content (AvgIpc) is 1.73. The number of nitrogens with zero attached hydrogens (tertiary/aromatic N) is 10. The third kappa shape index (κ3) is 13.7.